The van der Waals surface area contributed by atoms with Crippen molar-refractivity contribution in [3.8, 4) is 17.2 Å². The summed E-state index contributed by atoms with van der Waals surface area (Å²) in [5.41, 5.74) is 2.53. The number of pyridine rings is 1. The number of hydrogen-bond donors (Lipinski definition) is 4. The van der Waals surface area contributed by atoms with E-state index in [-0.39, 0.29) is 48.4 Å². The maximum atomic E-state index is 14.9. The quantitative estimate of drug-likeness (QED) is 0.0296. The van der Waals surface area contributed by atoms with E-state index >= 15 is 0 Å². The Bertz CT molecular complexity index is 2890. The van der Waals surface area contributed by atoms with E-state index in [1.54, 1.807) is 91.9 Å². The van der Waals surface area contributed by atoms with E-state index in [0.29, 0.717) is 53.1 Å². The predicted octanol–water partition coefficient (Wildman–Crippen LogP) is 8.21. The number of aromatic hydroxyl groups is 1. The molecule has 6 aromatic rings. The summed E-state index contributed by atoms with van der Waals surface area (Å²) in [7, 11) is -8.77. The van der Waals surface area contributed by atoms with Crippen LogP contribution in [-0.4, -0.2) is 72.0 Å². The number of halogens is 4. The van der Waals surface area contributed by atoms with Gasteiger partial charge in [-0.15, -0.1) is 0 Å². The second-order valence-electron chi connectivity index (χ2n) is 14.4. The average Bonchev–Trinajstić information content (AvgIpc) is 3.21. The van der Waals surface area contributed by atoms with Crippen LogP contribution in [0.4, 0.5) is 0 Å². The van der Waals surface area contributed by atoms with Crippen molar-refractivity contribution in [1.82, 2.24) is 9.62 Å². The molecule has 1 aromatic heterocycles. The molecule has 330 valence electrons. The zero-order chi connectivity index (χ0) is 45.8. The standard InChI is InChI=1S/C43H37I4N3O11S2/c1-25-13-15-28(16-14-25)63(59,60)50(42(53)39-29-8-2-4-10-36(29)49(17-7-19-62(56,57)58)37-11-5-3-9-30(37)39)18-6-12-38(51)48-35(43(54)55)22-26-20-33(46)41(34(47)21-26)61-27-23-31(44)40(52)32(45)24-27/h2-5,8-11,13-16,20-21,23-24,35H,6-7,12,17-19,22H2,1H3,(H3-,48,51,52,54,55,56,57,58)/p+1. The Labute approximate surface area is 418 Å². The average molecular weight is 1340 g/mol. The summed E-state index contributed by atoms with van der Waals surface area (Å²) in [5, 5.41) is 23.7. The number of benzene rings is 5. The van der Waals surface area contributed by atoms with Crippen molar-refractivity contribution in [2.75, 3.05) is 12.3 Å². The monoisotopic (exact) mass is 1340 g/mol. The molecule has 0 aliphatic rings. The van der Waals surface area contributed by atoms with Crippen LogP contribution in [0.3, 0.4) is 0 Å². The third-order valence-electron chi connectivity index (χ3n) is 9.87. The number of aliphatic carboxylic acids is 1. The first-order valence-corrected chi connectivity index (χ1v) is 26.4. The first-order valence-electron chi connectivity index (χ1n) is 19.0. The first-order chi connectivity index (χ1) is 29.7. The van der Waals surface area contributed by atoms with Crippen molar-refractivity contribution in [3.05, 3.63) is 128 Å². The number of carboxylic acids is 1. The van der Waals surface area contributed by atoms with Crippen LogP contribution >= 0.6 is 90.4 Å². The van der Waals surface area contributed by atoms with Gasteiger partial charge in [-0.2, -0.15) is 13.0 Å². The van der Waals surface area contributed by atoms with Gasteiger partial charge in [0.25, 0.3) is 26.0 Å². The van der Waals surface area contributed by atoms with E-state index in [9.17, 15) is 46.0 Å². The molecule has 0 fully saturated rings. The van der Waals surface area contributed by atoms with E-state index in [4.69, 9.17) is 4.74 Å². The molecular formula is C43H38I4N3O11S2+. The lowest BCUT2D eigenvalue weighted by Crippen LogP contribution is -2.43. The first kappa shape index (κ1) is 49.0. The van der Waals surface area contributed by atoms with E-state index in [2.05, 4.69) is 50.5 Å². The molecule has 6 rings (SSSR count). The van der Waals surface area contributed by atoms with Crippen molar-refractivity contribution < 1.29 is 55.3 Å². The highest BCUT2D eigenvalue weighted by atomic mass is 127. The Morgan fingerprint density at radius 2 is 1.35 bits per heavy atom. The van der Waals surface area contributed by atoms with Crippen molar-refractivity contribution in [3.63, 3.8) is 0 Å². The number of fused-ring (bicyclic) bond motifs is 2. The summed E-state index contributed by atoms with van der Waals surface area (Å²) in [6.07, 6.45) is -0.472. The summed E-state index contributed by atoms with van der Waals surface area (Å²) in [5.74, 6) is -2.08. The third kappa shape index (κ3) is 11.9. The van der Waals surface area contributed by atoms with Crippen molar-refractivity contribution in [2.45, 2.75) is 50.1 Å². The minimum atomic E-state index is -4.52. The normalized spacial score (nSPS) is 12.3. The Balaban J connectivity index is 1.25. The van der Waals surface area contributed by atoms with Gasteiger partial charge in [-0.3, -0.25) is 14.1 Å². The molecule has 2 amide bonds. The van der Waals surface area contributed by atoms with Gasteiger partial charge in [-0.25, -0.2) is 17.5 Å². The molecule has 0 aliphatic heterocycles. The fraction of sp³-hybridized carbons (Fsp3) is 0.209. The number of carbonyl (C=O) groups is 3. The lowest BCUT2D eigenvalue weighted by atomic mass is 10.0. The largest absolute Gasteiger partial charge is 0.506 e. The number of aryl methyl sites for hydroxylation is 2. The number of carboxylic acid groups (broad SMARTS) is 1. The SMILES string of the molecule is Cc1ccc(S(=O)(=O)N(CCCC(=O)NC(Cc2cc(I)c(Oc3cc(I)c(O)c(I)c3)c(I)c2)C(=O)O)C(=O)c2c3ccccc3[n+](CCCS(=O)(=O)O)c3ccccc23)cc1. The maximum Gasteiger partial charge on any atom is 0.326 e. The number of rotatable bonds is 17. The molecule has 1 unspecified atom stereocenters. The molecule has 5 aromatic carbocycles. The van der Waals surface area contributed by atoms with E-state index in [1.165, 1.54) is 12.1 Å². The van der Waals surface area contributed by atoms with Crippen LogP contribution < -0.4 is 14.6 Å². The molecule has 0 saturated heterocycles. The van der Waals surface area contributed by atoms with Crippen molar-refractivity contribution in [1.29, 1.82) is 0 Å². The van der Waals surface area contributed by atoms with Gasteiger partial charge in [0.05, 0.1) is 41.3 Å². The van der Waals surface area contributed by atoms with Gasteiger partial charge in [0.1, 0.15) is 17.5 Å². The molecule has 0 spiro atoms. The minimum absolute atomic E-state index is 0.0601. The van der Waals surface area contributed by atoms with Crippen molar-refractivity contribution >= 4 is 150 Å². The van der Waals surface area contributed by atoms with Gasteiger partial charge < -0.3 is 20.3 Å². The minimum Gasteiger partial charge on any atom is -0.506 e. The van der Waals surface area contributed by atoms with Crippen LogP contribution in [0.1, 0.15) is 40.7 Å². The molecular weight excluding hydrogens is 1310 g/mol. The van der Waals surface area contributed by atoms with Gasteiger partial charge in [0.15, 0.2) is 12.3 Å². The maximum absolute atomic E-state index is 14.9. The number of ether oxygens (including phenoxy) is 1. The molecule has 4 N–H and O–H groups in total. The Morgan fingerprint density at radius 1 is 0.794 bits per heavy atom. The number of aromatic nitrogens is 1. The molecule has 0 saturated carbocycles. The Morgan fingerprint density at radius 3 is 1.89 bits per heavy atom. The summed E-state index contributed by atoms with van der Waals surface area (Å²) < 4.78 is 72.7. The van der Waals surface area contributed by atoms with Crippen LogP contribution in [0.5, 0.6) is 17.2 Å². The molecule has 1 heterocycles. The number of sulfonamides is 1. The lowest BCUT2D eigenvalue weighted by Gasteiger charge is -2.24. The molecule has 1 atom stereocenters. The number of nitrogens with zero attached hydrogens (tertiary/aromatic N) is 2. The van der Waals surface area contributed by atoms with Gasteiger partial charge in [-0.05, 0) is 158 Å². The molecule has 20 heteroatoms. The second-order valence-corrected chi connectivity index (χ2v) is 22.5. The molecule has 63 heavy (non-hydrogen) atoms. The van der Waals surface area contributed by atoms with Crippen LogP contribution in [0.25, 0.3) is 21.8 Å². The lowest BCUT2D eigenvalue weighted by molar-refractivity contribution is -0.645. The second kappa shape index (κ2) is 20.8. The van der Waals surface area contributed by atoms with E-state index < -0.39 is 56.3 Å². The van der Waals surface area contributed by atoms with Crippen LogP contribution in [-0.2, 0) is 42.7 Å². The predicted molar refractivity (Wildman–Crippen MR) is 270 cm³/mol. The summed E-state index contributed by atoms with van der Waals surface area (Å²) in [4.78, 5) is 40.6. The summed E-state index contributed by atoms with van der Waals surface area (Å²) in [6.45, 7) is 1.52. The van der Waals surface area contributed by atoms with Gasteiger partial charge in [0.2, 0.25) is 16.9 Å². The highest BCUT2D eigenvalue weighted by Crippen LogP contribution is 2.37. The summed E-state index contributed by atoms with van der Waals surface area (Å²) >= 11 is 8.20. The fourth-order valence-corrected chi connectivity index (χ4v) is 12.7. The Hall–Kier alpha value is -3.44. The van der Waals surface area contributed by atoms with Crippen molar-refractivity contribution in [2.24, 2.45) is 0 Å². The number of hydrogen-bond acceptors (Lipinski definition) is 9. The highest BCUT2D eigenvalue weighted by Gasteiger charge is 2.34. The van der Waals surface area contributed by atoms with Crippen LogP contribution in [0, 0.1) is 21.2 Å². The molecule has 0 radical (unpaired) electrons. The van der Waals surface area contributed by atoms with E-state index in [0.717, 1.165) is 9.87 Å². The highest BCUT2D eigenvalue weighted by molar-refractivity contribution is 14.1. The Kier molecular flexibility index (Phi) is 16.2. The van der Waals surface area contributed by atoms with Crippen LogP contribution in [0.2, 0.25) is 0 Å². The third-order valence-corrected chi connectivity index (χ3v) is 15.7. The smallest absolute Gasteiger partial charge is 0.326 e. The van der Waals surface area contributed by atoms with Crippen LogP contribution in [0.15, 0.2) is 102 Å². The molecule has 0 bridgehead atoms. The number of carbonyl (C=O) groups excluding carboxylic acids is 2. The number of phenols is 1. The van der Waals surface area contributed by atoms with E-state index in [1.807, 2.05) is 49.7 Å². The summed E-state index contributed by atoms with van der Waals surface area (Å²) in [6, 6.07) is 25.3. The molecule has 0 aliphatic carbocycles. The van der Waals surface area contributed by atoms with Gasteiger partial charge >= 0.3 is 5.97 Å². The number of para-hydroxylation sites is 2. The topological polar surface area (TPSA) is 209 Å². The van der Waals surface area contributed by atoms with Gasteiger partial charge in [0, 0.05) is 37.9 Å². The zero-order valence-electron chi connectivity index (χ0n) is 33.1. The fourth-order valence-electron chi connectivity index (χ4n) is 6.92. The number of amides is 2. The number of phenolic OH excluding ortho intramolecular Hbond substituents is 1. The molecule has 14 nitrogen and oxygen atoms in total. The number of nitrogens with one attached hydrogen (secondary N) is 1. The zero-order valence-corrected chi connectivity index (χ0v) is 43.4. The van der Waals surface area contributed by atoms with Gasteiger partial charge in [-0.1, -0.05) is 42.0 Å².